The molecular formula is C19H38O4Zn. The van der Waals surface area contributed by atoms with E-state index >= 15 is 0 Å². The summed E-state index contributed by atoms with van der Waals surface area (Å²) in [4.78, 5) is 20.3. The quantitative estimate of drug-likeness (QED) is 0.345. The summed E-state index contributed by atoms with van der Waals surface area (Å²) in [5.41, 5.74) is 0.392. The molecule has 24 heavy (non-hydrogen) atoms. The Hall–Kier alpha value is -0.437. The van der Waals surface area contributed by atoms with Crippen molar-refractivity contribution in [1.82, 2.24) is 0 Å². The molecule has 0 bridgehead atoms. The second-order valence-corrected chi connectivity index (χ2v) is 7.90. The first kappa shape index (κ1) is 28.4. The summed E-state index contributed by atoms with van der Waals surface area (Å²) in [6.45, 7) is 11.0. The number of hydrogen-bond acceptors (Lipinski definition) is 2. The van der Waals surface area contributed by atoms with Crippen molar-refractivity contribution < 1.29 is 39.3 Å². The third-order valence-electron chi connectivity index (χ3n) is 3.49. The molecule has 0 rings (SSSR count). The van der Waals surface area contributed by atoms with Crippen molar-refractivity contribution in [2.75, 3.05) is 0 Å². The van der Waals surface area contributed by atoms with Crippen molar-refractivity contribution in [2.24, 2.45) is 11.3 Å². The normalized spacial score (nSPS) is 10.6. The fraction of sp³-hybridized carbons (Fsp3) is 0.895. The average molecular weight is 396 g/mol. The van der Waals surface area contributed by atoms with Crippen LogP contribution in [0.1, 0.15) is 98.8 Å². The Labute approximate surface area is 161 Å². The molecule has 0 saturated heterocycles. The van der Waals surface area contributed by atoms with E-state index in [-0.39, 0.29) is 19.5 Å². The van der Waals surface area contributed by atoms with Crippen LogP contribution in [0.4, 0.5) is 0 Å². The van der Waals surface area contributed by atoms with Gasteiger partial charge >= 0.3 is 11.9 Å². The molecule has 0 aromatic heterocycles. The largest absolute Gasteiger partial charge is 0.481 e. The van der Waals surface area contributed by atoms with E-state index in [1.54, 1.807) is 0 Å². The van der Waals surface area contributed by atoms with Crippen molar-refractivity contribution >= 4 is 11.9 Å². The van der Waals surface area contributed by atoms with E-state index in [9.17, 15) is 9.59 Å². The van der Waals surface area contributed by atoms with E-state index in [1.165, 1.54) is 19.3 Å². The summed E-state index contributed by atoms with van der Waals surface area (Å²) in [5, 5.41) is 16.7. The zero-order valence-corrected chi connectivity index (χ0v) is 19.5. The summed E-state index contributed by atoms with van der Waals surface area (Å²) in [6.07, 6.45) is 9.15. The number of hydrogen-bond donors (Lipinski definition) is 2. The SMILES string of the molecule is CC(C)(C)CCCCCC(=O)O.CC(C)CCCCCC(=O)O.[Zn]. The summed E-state index contributed by atoms with van der Waals surface area (Å²) in [7, 11) is 0. The smallest absolute Gasteiger partial charge is 0.303 e. The molecule has 0 heterocycles. The predicted molar refractivity (Wildman–Crippen MR) is 95.7 cm³/mol. The van der Waals surface area contributed by atoms with Crippen molar-refractivity contribution in [2.45, 2.75) is 98.8 Å². The van der Waals surface area contributed by atoms with Crippen LogP contribution in [0.3, 0.4) is 0 Å². The summed E-state index contributed by atoms with van der Waals surface area (Å²) in [5.74, 6) is -0.597. The van der Waals surface area contributed by atoms with Crippen molar-refractivity contribution in [3.63, 3.8) is 0 Å². The number of carboxylic acid groups (broad SMARTS) is 2. The second kappa shape index (κ2) is 17.4. The maximum atomic E-state index is 10.2. The molecule has 0 saturated carbocycles. The van der Waals surface area contributed by atoms with Gasteiger partial charge in [-0.1, -0.05) is 66.7 Å². The minimum absolute atomic E-state index is 0. The van der Waals surface area contributed by atoms with E-state index in [0.29, 0.717) is 18.3 Å². The van der Waals surface area contributed by atoms with Crippen LogP contribution in [-0.2, 0) is 29.1 Å². The molecule has 0 aliphatic heterocycles. The molecule has 140 valence electrons. The van der Waals surface area contributed by atoms with Crippen LogP contribution in [0, 0.1) is 11.3 Å². The molecule has 0 unspecified atom stereocenters. The topological polar surface area (TPSA) is 74.6 Å². The maximum Gasteiger partial charge on any atom is 0.303 e. The summed E-state index contributed by atoms with van der Waals surface area (Å²) < 4.78 is 0. The minimum Gasteiger partial charge on any atom is -0.481 e. The monoisotopic (exact) mass is 394 g/mol. The van der Waals surface area contributed by atoms with Crippen LogP contribution in [-0.4, -0.2) is 22.2 Å². The maximum absolute atomic E-state index is 10.2. The Kier molecular flexibility index (Phi) is 20.6. The van der Waals surface area contributed by atoms with Crippen LogP contribution in [0.25, 0.3) is 0 Å². The number of aliphatic carboxylic acids is 2. The van der Waals surface area contributed by atoms with Crippen LogP contribution in [0.2, 0.25) is 0 Å². The van der Waals surface area contributed by atoms with Gasteiger partial charge in [0.15, 0.2) is 0 Å². The molecule has 0 aliphatic rings. The molecule has 2 N–H and O–H groups in total. The third-order valence-corrected chi connectivity index (χ3v) is 3.49. The van der Waals surface area contributed by atoms with Gasteiger partial charge in [0.1, 0.15) is 0 Å². The van der Waals surface area contributed by atoms with Gasteiger partial charge in [-0.2, -0.15) is 0 Å². The molecule has 0 spiro atoms. The number of rotatable bonds is 11. The zero-order chi connectivity index (χ0) is 18.3. The van der Waals surface area contributed by atoms with Crippen LogP contribution in [0.5, 0.6) is 0 Å². The first-order chi connectivity index (χ1) is 10.5. The standard InChI is InChI=1S/C10H20O2.C9H18O2.Zn/c1-10(2,3)8-6-4-5-7-9(11)12;1-8(2)6-4-3-5-7-9(10)11;/h4-8H2,1-3H3,(H,11,12);8H,3-7H2,1-2H3,(H,10,11);. The molecule has 0 radical (unpaired) electrons. The molecule has 0 aromatic carbocycles. The first-order valence-electron chi connectivity index (χ1n) is 8.98. The Balaban J connectivity index is -0.000000354. The fourth-order valence-corrected chi connectivity index (χ4v) is 2.11. The second-order valence-electron chi connectivity index (χ2n) is 7.90. The Morgan fingerprint density at radius 2 is 1.21 bits per heavy atom. The Bertz CT molecular complexity index is 309. The van der Waals surface area contributed by atoms with Crippen molar-refractivity contribution in [1.29, 1.82) is 0 Å². The van der Waals surface area contributed by atoms with E-state index in [2.05, 4.69) is 34.6 Å². The minimum atomic E-state index is -0.675. The molecule has 0 aliphatic carbocycles. The van der Waals surface area contributed by atoms with Gasteiger partial charge in [-0.05, 0) is 30.6 Å². The van der Waals surface area contributed by atoms with Gasteiger partial charge in [0.2, 0.25) is 0 Å². The zero-order valence-electron chi connectivity index (χ0n) is 16.6. The Morgan fingerprint density at radius 1 is 0.792 bits per heavy atom. The van der Waals surface area contributed by atoms with Gasteiger partial charge in [-0.15, -0.1) is 0 Å². The van der Waals surface area contributed by atoms with Gasteiger partial charge in [0, 0.05) is 32.3 Å². The van der Waals surface area contributed by atoms with E-state index in [4.69, 9.17) is 10.2 Å². The van der Waals surface area contributed by atoms with Crippen LogP contribution < -0.4 is 0 Å². The molecule has 5 heteroatoms. The summed E-state index contributed by atoms with van der Waals surface area (Å²) in [6, 6.07) is 0. The van der Waals surface area contributed by atoms with Gasteiger partial charge in [-0.25, -0.2) is 0 Å². The van der Waals surface area contributed by atoms with Crippen LogP contribution in [0.15, 0.2) is 0 Å². The first-order valence-corrected chi connectivity index (χ1v) is 8.98. The fourth-order valence-electron chi connectivity index (χ4n) is 2.11. The van der Waals surface area contributed by atoms with Gasteiger partial charge in [0.05, 0.1) is 0 Å². The van der Waals surface area contributed by atoms with E-state index in [1.807, 2.05) is 0 Å². The molecule has 0 fully saturated rings. The average Bonchev–Trinajstić information content (AvgIpc) is 2.36. The van der Waals surface area contributed by atoms with E-state index in [0.717, 1.165) is 38.0 Å². The number of carbonyl (C=O) groups is 2. The molecule has 0 aromatic rings. The van der Waals surface area contributed by atoms with Crippen molar-refractivity contribution in [3.05, 3.63) is 0 Å². The van der Waals surface area contributed by atoms with Crippen LogP contribution >= 0.6 is 0 Å². The molecular weight excluding hydrogens is 358 g/mol. The molecule has 0 amide bonds. The summed E-state index contributed by atoms with van der Waals surface area (Å²) >= 11 is 0. The molecule has 4 nitrogen and oxygen atoms in total. The van der Waals surface area contributed by atoms with Gasteiger partial charge in [-0.3, -0.25) is 9.59 Å². The van der Waals surface area contributed by atoms with E-state index < -0.39 is 11.9 Å². The third kappa shape index (κ3) is 33.2. The molecule has 0 atom stereocenters. The van der Waals surface area contributed by atoms with Gasteiger partial charge in [0.25, 0.3) is 0 Å². The number of carboxylic acids is 2. The van der Waals surface area contributed by atoms with Gasteiger partial charge < -0.3 is 10.2 Å². The predicted octanol–water partition coefficient (Wildman–Crippen LogP) is 5.74. The van der Waals surface area contributed by atoms with Crippen molar-refractivity contribution in [3.8, 4) is 0 Å². The Morgan fingerprint density at radius 3 is 1.54 bits per heavy atom. The number of unbranched alkanes of at least 4 members (excludes halogenated alkanes) is 4.